The number of sulfonamides is 1. The molecule has 0 fully saturated rings. The topological polar surface area (TPSA) is 94.2 Å². The van der Waals surface area contributed by atoms with Gasteiger partial charge in [0.25, 0.3) is 0 Å². The number of nitrogens with one attached hydrogen (secondary N) is 1. The molecule has 0 bridgehead atoms. The van der Waals surface area contributed by atoms with Crippen LogP contribution in [0.5, 0.6) is 17.2 Å². The van der Waals surface area contributed by atoms with Gasteiger partial charge >= 0.3 is 0 Å². The van der Waals surface area contributed by atoms with Crippen molar-refractivity contribution in [3.05, 3.63) is 40.4 Å². The number of nitrogens with zero attached hydrogens (tertiary/aromatic N) is 1. The zero-order chi connectivity index (χ0) is 21.8. The number of halogens is 2. The van der Waals surface area contributed by atoms with E-state index in [0.717, 1.165) is 10.6 Å². The molecule has 0 saturated carbocycles. The first-order valence-corrected chi connectivity index (χ1v) is 10.7. The Morgan fingerprint density at radius 1 is 1.00 bits per heavy atom. The van der Waals surface area contributed by atoms with Gasteiger partial charge in [-0.2, -0.15) is 0 Å². The summed E-state index contributed by atoms with van der Waals surface area (Å²) < 4.78 is 41.2. The Morgan fingerprint density at radius 2 is 1.62 bits per heavy atom. The van der Waals surface area contributed by atoms with Crippen molar-refractivity contribution in [3.8, 4) is 17.2 Å². The average molecular weight is 463 g/mol. The van der Waals surface area contributed by atoms with Crippen LogP contribution in [0.1, 0.15) is 0 Å². The Bertz CT molecular complexity index is 1010. The minimum atomic E-state index is -3.83. The van der Waals surface area contributed by atoms with Crippen LogP contribution >= 0.6 is 23.2 Å². The lowest BCUT2D eigenvalue weighted by molar-refractivity contribution is -0.114. The third kappa shape index (κ3) is 5.59. The molecule has 0 spiro atoms. The van der Waals surface area contributed by atoms with Crippen LogP contribution in [-0.2, 0) is 14.8 Å². The molecule has 0 aliphatic heterocycles. The number of hydrogen-bond acceptors (Lipinski definition) is 6. The maximum absolute atomic E-state index is 12.7. The maximum Gasteiger partial charge on any atom is 0.245 e. The number of anilines is 2. The van der Waals surface area contributed by atoms with E-state index in [9.17, 15) is 13.2 Å². The molecule has 2 aromatic carbocycles. The SMILES string of the molecule is COc1cc(NC(=O)CN(c2cc(Cl)ccc2OC)S(C)(=O)=O)c(OC)cc1Cl. The predicted molar refractivity (Wildman–Crippen MR) is 113 cm³/mol. The van der Waals surface area contributed by atoms with Gasteiger partial charge < -0.3 is 19.5 Å². The van der Waals surface area contributed by atoms with Crippen molar-refractivity contribution < 1.29 is 27.4 Å². The van der Waals surface area contributed by atoms with E-state index in [1.165, 1.54) is 45.6 Å². The molecule has 1 amide bonds. The van der Waals surface area contributed by atoms with Gasteiger partial charge in [0.05, 0.1) is 44.0 Å². The summed E-state index contributed by atoms with van der Waals surface area (Å²) in [5.41, 5.74) is 0.406. The molecule has 1 N–H and O–H groups in total. The molecular formula is C18H20Cl2N2O6S. The first-order chi connectivity index (χ1) is 13.6. The van der Waals surface area contributed by atoms with Gasteiger partial charge in [0.1, 0.15) is 23.8 Å². The number of carbonyl (C=O) groups excluding carboxylic acids is 1. The smallest absolute Gasteiger partial charge is 0.245 e. The lowest BCUT2D eigenvalue weighted by Crippen LogP contribution is -2.37. The second-order valence-electron chi connectivity index (χ2n) is 5.82. The van der Waals surface area contributed by atoms with Gasteiger partial charge in [-0.3, -0.25) is 9.10 Å². The summed E-state index contributed by atoms with van der Waals surface area (Å²) in [5.74, 6) is 0.230. The molecule has 0 saturated heterocycles. The van der Waals surface area contributed by atoms with Crippen LogP contribution in [-0.4, -0.2) is 48.5 Å². The van der Waals surface area contributed by atoms with Gasteiger partial charge in [-0.05, 0) is 18.2 Å². The molecule has 0 heterocycles. The Labute approximate surface area is 179 Å². The lowest BCUT2D eigenvalue weighted by Gasteiger charge is -2.24. The molecule has 2 aromatic rings. The van der Waals surface area contributed by atoms with E-state index in [2.05, 4.69) is 5.32 Å². The standard InChI is InChI=1S/C18H20Cl2N2O6S/c1-26-15-6-5-11(19)7-14(15)22(29(4,24)25)10-18(23)21-13-9-16(27-2)12(20)8-17(13)28-3/h5-9H,10H2,1-4H3,(H,21,23). The molecule has 11 heteroatoms. The maximum atomic E-state index is 12.7. The van der Waals surface area contributed by atoms with E-state index in [0.29, 0.717) is 15.8 Å². The highest BCUT2D eigenvalue weighted by Gasteiger charge is 2.25. The molecule has 0 aliphatic rings. The Balaban J connectivity index is 2.37. The molecule has 158 valence electrons. The fourth-order valence-electron chi connectivity index (χ4n) is 2.52. The fraction of sp³-hybridized carbons (Fsp3) is 0.278. The van der Waals surface area contributed by atoms with Crippen molar-refractivity contribution >= 4 is 50.5 Å². The van der Waals surface area contributed by atoms with Crippen molar-refractivity contribution in [2.24, 2.45) is 0 Å². The summed E-state index contributed by atoms with van der Waals surface area (Å²) in [7, 11) is 0.391. The van der Waals surface area contributed by atoms with E-state index >= 15 is 0 Å². The largest absolute Gasteiger partial charge is 0.495 e. The number of methoxy groups -OCH3 is 3. The molecular weight excluding hydrogens is 443 g/mol. The third-order valence-electron chi connectivity index (χ3n) is 3.85. The number of carbonyl (C=O) groups is 1. The van der Waals surface area contributed by atoms with E-state index in [1.54, 1.807) is 6.07 Å². The van der Waals surface area contributed by atoms with Crippen LogP contribution in [0.4, 0.5) is 11.4 Å². The number of ether oxygens (including phenoxy) is 3. The van der Waals surface area contributed by atoms with Crippen LogP contribution in [0.3, 0.4) is 0 Å². The van der Waals surface area contributed by atoms with Crippen LogP contribution in [0.25, 0.3) is 0 Å². The van der Waals surface area contributed by atoms with Gasteiger partial charge in [0.2, 0.25) is 15.9 Å². The second-order valence-corrected chi connectivity index (χ2v) is 8.57. The summed E-state index contributed by atoms with van der Waals surface area (Å²) in [4.78, 5) is 12.7. The summed E-state index contributed by atoms with van der Waals surface area (Å²) in [6.45, 7) is -0.524. The van der Waals surface area contributed by atoms with Crippen LogP contribution < -0.4 is 23.8 Å². The third-order valence-corrected chi connectivity index (χ3v) is 5.50. The lowest BCUT2D eigenvalue weighted by atomic mass is 10.2. The van der Waals surface area contributed by atoms with E-state index in [-0.39, 0.29) is 22.9 Å². The van der Waals surface area contributed by atoms with Gasteiger partial charge in [0.15, 0.2) is 0 Å². The summed E-state index contributed by atoms with van der Waals surface area (Å²) in [6.07, 6.45) is 0.979. The number of benzene rings is 2. The molecule has 29 heavy (non-hydrogen) atoms. The van der Waals surface area contributed by atoms with Gasteiger partial charge in [-0.15, -0.1) is 0 Å². The number of rotatable bonds is 8. The molecule has 0 unspecified atom stereocenters. The highest BCUT2D eigenvalue weighted by Crippen LogP contribution is 2.36. The fourth-order valence-corrected chi connectivity index (χ4v) is 3.77. The minimum absolute atomic E-state index is 0.137. The van der Waals surface area contributed by atoms with Crippen LogP contribution in [0, 0.1) is 0 Å². The molecule has 8 nitrogen and oxygen atoms in total. The highest BCUT2D eigenvalue weighted by atomic mass is 35.5. The zero-order valence-corrected chi connectivity index (χ0v) is 18.5. The molecule has 0 aliphatic carbocycles. The summed E-state index contributed by atoms with van der Waals surface area (Å²) >= 11 is 12.1. The highest BCUT2D eigenvalue weighted by molar-refractivity contribution is 7.92. The molecule has 2 rings (SSSR count). The quantitative estimate of drug-likeness (QED) is 0.645. The first kappa shape index (κ1) is 22.9. The van der Waals surface area contributed by atoms with Crippen molar-refractivity contribution in [1.29, 1.82) is 0 Å². The number of amides is 1. The van der Waals surface area contributed by atoms with Gasteiger partial charge in [-0.1, -0.05) is 23.2 Å². The zero-order valence-electron chi connectivity index (χ0n) is 16.2. The summed E-state index contributed by atoms with van der Waals surface area (Å²) in [6, 6.07) is 7.42. The van der Waals surface area contributed by atoms with Gasteiger partial charge in [-0.25, -0.2) is 8.42 Å². The Kier molecular flexibility index (Phi) is 7.45. The Hall–Kier alpha value is -2.36. The molecule has 0 atom stereocenters. The van der Waals surface area contributed by atoms with Crippen molar-refractivity contribution in [3.63, 3.8) is 0 Å². The van der Waals surface area contributed by atoms with Crippen LogP contribution in [0.2, 0.25) is 10.0 Å². The Morgan fingerprint density at radius 3 is 2.17 bits per heavy atom. The van der Waals surface area contributed by atoms with E-state index in [4.69, 9.17) is 37.4 Å². The first-order valence-electron chi connectivity index (χ1n) is 8.13. The van der Waals surface area contributed by atoms with Crippen molar-refractivity contribution in [2.75, 3.05) is 43.8 Å². The van der Waals surface area contributed by atoms with Gasteiger partial charge in [0, 0.05) is 17.2 Å². The average Bonchev–Trinajstić information content (AvgIpc) is 2.66. The van der Waals surface area contributed by atoms with Crippen molar-refractivity contribution in [1.82, 2.24) is 0 Å². The van der Waals surface area contributed by atoms with Crippen LogP contribution in [0.15, 0.2) is 30.3 Å². The van der Waals surface area contributed by atoms with E-state index < -0.39 is 22.5 Å². The summed E-state index contributed by atoms with van der Waals surface area (Å²) in [5, 5.41) is 3.19. The van der Waals surface area contributed by atoms with E-state index in [1.807, 2.05) is 0 Å². The predicted octanol–water partition coefficient (Wildman–Crippen LogP) is 3.42. The normalized spacial score (nSPS) is 11.0. The number of hydrogen-bond donors (Lipinski definition) is 1. The molecule has 0 radical (unpaired) electrons. The van der Waals surface area contributed by atoms with Crippen molar-refractivity contribution in [2.45, 2.75) is 0 Å². The monoisotopic (exact) mass is 462 g/mol. The minimum Gasteiger partial charge on any atom is -0.495 e. The second kappa shape index (κ2) is 9.43. The molecule has 0 aromatic heterocycles.